The summed E-state index contributed by atoms with van der Waals surface area (Å²) in [6.07, 6.45) is -4.56. The maximum atomic E-state index is 14.0. The molecule has 0 aromatic heterocycles. The lowest BCUT2D eigenvalue weighted by atomic mass is 9.57. The maximum Gasteiger partial charge on any atom is 0.403 e. The summed E-state index contributed by atoms with van der Waals surface area (Å²) in [6, 6.07) is -1.63. The summed E-state index contributed by atoms with van der Waals surface area (Å²) in [4.78, 5) is 42.3. The smallest absolute Gasteiger partial charge is 0.403 e. The second-order valence-corrected chi connectivity index (χ2v) is 11.3. The fourth-order valence-corrected chi connectivity index (χ4v) is 6.26. The zero-order valence-corrected chi connectivity index (χ0v) is 23.1. The Morgan fingerprint density at radius 1 is 1.20 bits per heavy atom. The number of aliphatic hydroxyl groups is 3. The summed E-state index contributed by atoms with van der Waals surface area (Å²) in [5, 5.41) is 47.5. The minimum Gasteiger partial charge on any atom is -0.508 e. The Bertz CT molecular complexity index is 1400. The Labute approximate surface area is 233 Å². The first-order chi connectivity index (χ1) is 18.8. The number of hydrogen-bond acceptors (Lipinski definition) is 10. The highest BCUT2D eigenvalue weighted by Crippen LogP contribution is 2.54. The van der Waals surface area contributed by atoms with Crippen LogP contribution in [0, 0.1) is 11.8 Å². The predicted molar refractivity (Wildman–Crippen MR) is 141 cm³/mol. The summed E-state index contributed by atoms with van der Waals surface area (Å²) in [6.45, 7) is 0.491. The van der Waals surface area contributed by atoms with Crippen molar-refractivity contribution in [3.8, 4) is 5.75 Å². The van der Waals surface area contributed by atoms with E-state index in [1.54, 1.807) is 19.0 Å². The quantitative estimate of drug-likeness (QED) is 0.266. The average molecular weight is 583 g/mol. The van der Waals surface area contributed by atoms with Gasteiger partial charge in [0.25, 0.3) is 5.91 Å². The maximum absolute atomic E-state index is 14.0. The normalized spacial score (nSPS) is 27.0. The molecule has 1 aromatic carbocycles. The molecule has 0 spiro atoms. The number of nitrogens with zero attached hydrogens (tertiary/aromatic N) is 2. The second-order valence-electron chi connectivity index (χ2n) is 11.3. The number of primary amides is 1. The van der Waals surface area contributed by atoms with Crippen LogP contribution in [-0.2, 0) is 27.3 Å². The number of phenols is 1. The molecule has 1 fully saturated rings. The van der Waals surface area contributed by atoms with E-state index in [-0.39, 0.29) is 29.5 Å². The number of nitrogens with one attached hydrogen (secondary N) is 1. The zero-order valence-electron chi connectivity index (χ0n) is 23.1. The SMILES string of the molecule is CC(NCc1cc(N(C)C)c2c(c1O)C(O)=C1C(=O)[C@]3(O)C(O)=C(C(N)=O)C(=O)C(N(C)C)[C@@H]3C[C@@H]1C2)C(F)(F)F. The van der Waals surface area contributed by atoms with Gasteiger partial charge in [-0.2, -0.15) is 13.2 Å². The number of Topliss-reactive ketones (excluding diaryl/α,β-unsaturated/α-hetero) is 2. The second kappa shape index (κ2) is 10.0. The first-order valence-electron chi connectivity index (χ1n) is 12.8. The number of benzene rings is 1. The molecule has 0 heterocycles. The molecule has 224 valence electrons. The molecule has 0 saturated heterocycles. The van der Waals surface area contributed by atoms with Crippen molar-refractivity contribution in [2.45, 2.75) is 50.2 Å². The van der Waals surface area contributed by atoms with Crippen molar-refractivity contribution in [2.24, 2.45) is 17.6 Å². The molecule has 5 atom stereocenters. The van der Waals surface area contributed by atoms with Crippen molar-refractivity contribution >= 4 is 28.9 Å². The third-order valence-electron chi connectivity index (χ3n) is 8.35. The van der Waals surface area contributed by atoms with Gasteiger partial charge in [-0.15, -0.1) is 0 Å². The van der Waals surface area contributed by atoms with Crippen LogP contribution in [0.1, 0.15) is 30.0 Å². The van der Waals surface area contributed by atoms with Gasteiger partial charge in [-0.3, -0.25) is 19.3 Å². The molecule has 41 heavy (non-hydrogen) atoms. The summed E-state index contributed by atoms with van der Waals surface area (Å²) in [7, 11) is 6.34. The van der Waals surface area contributed by atoms with Crippen LogP contribution in [0.2, 0.25) is 0 Å². The number of amides is 1. The highest BCUT2D eigenvalue weighted by atomic mass is 19.4. The fourth-order valence-electron chi connectivity index (χ4n) is 6.26. The molecule has 14 heteroatoms. The van der Waals surface area contributed by atoms with Crippen LogP contribution < -0.4 is 16.0 Å². The predicted octanol–water partition coefficient (Wildman–Crippen LogP) is 1.07. The van der Waals surface area contributed by atoms with Gasteiger partial charge in [-0.1, -0.05) is 0 Å². The number of hydrogen-bond donors (Lipinski definition) is 6. The van der Waals surface area contributed by atoms with Crippen LogP contribution in [0.5, 0.6) is 5.75 Å². The number of rotatable bonds is 6. The highest BCUT2D eigenvalue weighted by molar-refractivity contribution is 6.24. The number of fused-ring (bicyclic) bond motifs is 3. The Hall–Kier alpha value is -3.62. The van der Waals surface area contributed by atoms with E-state index < -0.39 is 82.6 Å². The lowest BCUT2D eigenvalue weighted by Gasteiger charge is -2.50. The summed E-state index contributed by atoms with van der Waals surface area (Å²) < 4.78 is 39.3. The summed E-state index contributed by atoms with van der Waals surface area (Å²) in [5.74, 6) is -7.83. The van der Waals surface area contributed by atoms with Crippen molar-refractivity contribution in [3.05, 3.63) is 39.7 Å². The lowest BCUT2D eigenvalue weighted by Crippen LogP contribution is -2.65. The number of ketones is 2. The molecule has 1 saturated carbocycles. The molecule has 3 aliphatic carbocycles. The average Bonchev–Trinajstić information content (AvgIpc) is 2.84. The number of nitrogens with two attached hydrogens (primary N) is 1. The first kappa shape index (κ1) is 30.3. The lowest BCUT2D eigenvalue weighted by molar-refractivity contribution is -0.154. The minimum absolute atomic E-state index is 0.0173. The molecule has 3 aliphatic rings. The van der Waals surface area contributed by atoms with E-state index >= 15 is 0 Å². The Kier molecular flexibility index (Phi) is 7.42. The van der Waals surface area contributed by atoms with Crippen LogP contribution >= 0.6 is 0 Å². The molecule has 1 aromatic rings. The van der Waals surface area contributed by atoms with Gasteiger partial charge in [-0.25, -0.2) is 0 Å². The molecule has 0 bridgehead atoms. The number of likely N-dealkylation sites (N-methyl/N-ethyl adjacent to an activating group) is 1. The van der Waals surface area contributed by atoms with Gasteiger partial charge in [0, 0.05) is 43.4 Å². The number of halogens is 3. The highest BCUT2D eigenvalue weighted by Gasteiger charge is 2.64. The largest absolute Gasteiger partial charge is 0.508 e. The molecule has 4 rings (SSSR count). The van der Waals surface area contributed by atoms with Crippen LogP contribution in [0.3, 0.4) is 0 Å². The number of alkyl halides is 3. The summed E-state index contributed by atoms with van der Waals surface area (Å²) in [5.41, 5.74) is 1.98. The minimum atomic E-state index is -4.54. The van der Waals surface area contributed by atoms with E-state index in [2.05, 4.69) is 5.32 Å². The van der Waals surface area contributed by atoms with Crippen molar-refractivity contribution in [2.75, 3.05) is 33.1 Å². The van der Waals surface area contributed by atoms with Crippen molar-refractivity contribution < 1.29 is 48.0 Å². The molecule has 11 nitrogen and oxygen atoms in total. The molecule has 2 unspecified atom stereocenters. The molecular formula is C27H33F3N4O7. The van der Waals surface area contributed by atoms with E-state index in [1.165, 1.54) is 25.1 Å². The van der Waals surface area contributed by atoms with E-state index in [1.807, 2.05) is 0 Å². The number of aromatic hydroxyl groups is 1. The molecular weight excluding hydrogens is 549 g/mol. The molecule has 1 amide bonds. The van der Waals surface area contributed by atoms with Crippen LogP contribution in [-0.4, -0.2) is 94.9 Å². The Morgan fingerprint density at radius 2 is 1.80 bits per heavy atom. The van der Waals surface area contributed by atoms with Gasteiger partial charge in [0.1, 0.15) is 28.9 Å². The van der Waals surface area contributed by atoms with E-state index in [9.17, 15) is 48.0 Å². The number of phenolic OH excluding ortho intramolecular Hbond substituents is 1. The van der Waals surface area contributed by atoms with Gasteiger partial charge in [0.05, 0.1) is 11.6 Å². The van der Waals surface area contributed by atoms with Crippen molar-refractivity contribution in [1.82, 2.24) is 10.2 Å². The van der Waals surface area contributed by atoms with Crippen molar-refractivity contribution in [3.63, 3.8) is 0 Å². The van der Waals surface area contributed by atoms with Gasteiger partial charge in [0.15, 0.2) is 11.4 Å². The zero-order chi connectivity index (χ0) is 30.9. The Morgan fingerprint density at radius 3 is 2.32 bits per heavy atom. The van der Waals surface area contributed by atoms with Gasteiger partial charge in [0.2, 0.25) is 5.78 Å². The van der Waals surface area contributed by atoms with E-state index in [0.29, 0.717) is 11.3 Å². The third kappa shape index (κ3) is 4.53. The first-order valence-corrected chi connectivity index (χ1v) is 12.8. The molecule has 0 aliphatic heterocycles. The topological polar surface area (TPSA) is 177 Å². The fraction of sp³-hybridized carbons (Fsp3) is 0.519. The van der Waals surface area contributed by atoms with E-state index in [0.717, 1.165) is 6.92 Å². The number of aliphatic hydroxyl groups excluding tert-OH is 2. The van der Waals surface area contributed by atoms with Gasteiger partial charge in [-0.05, 0) is 51.4 Å². The van der Waals surface area contributed by atoms with Crippen molar-refractivity contribution in [1.29, 1.82) is 0 Å². The third-order valence-corrected chi connectivity index (χ3v) is 8.35. The van der Waals surface area contributed by atoms with Gasteiger partial charge < -0.3 is 36.4 Å². The molecule has 7 N–H and O–H groups in total. The molecule has 0 radical (unpaired) electrons. The Balaban J connectivity index is 1.92. The van der Waals surface area contributed by atoms with Crippen LogP contribution in [0.4, 0.5) is 18.9 Å². The van der Waals surface area contributed by atoms with E-state index in [4.69, 9.17) is 5.73 Å². The standard InChI is InChI=1S/C27H33F3N4O7/c1-10(27(28,29)30)32-9-12-8-15(33(2)3)13-6-11-7-14-19(34(4)5)22(37)18(25(31)40)24(39)26(14,41)23(38)16(11)21(36)17(13)20(12)35/h8,10-11,14,19,32,35-36,39,41H,6-7,9H2,1-5H3,(H2,31,40)/t10?,11-,14-,19?,26-/m0/s1. The van der Waals surface area contributed by atoms with Crippen LogP contribution in [0.15, 0.2) is 23.0 Å². The summed E-state index contributed by atoms with van der Waals surface area (Å²) >= 11 is 0. The number of anilines is 1. The monoisotopic (exact) mass is 582 g/mol. The number of carbonyl (C=O) groups is 3. The van der Waals surface area contributed by atoms with Crippen LogP contribution in [0.25, 0.3) is 5.76 Å². The number of carbonyl (C=O) groups excluding carboxylic acids is 3. The van der Waals surface area contributed by atoms with Gasteiger partial charge >= 0.3 is 6.18 Å².